The molecule has 0 aromatic carbocycles. The highest BCUT2D eigenvalue weighted by Gasteiger charge is 2.14. The molecule has 1 aromatic heterocycles. The van der Waals surface area contributed by atoms with Crippen molar-refractivity contribution in [1.82, 2.24) is 16.0 Å². The number of carbonyl (C=O) groups excluding carboxylic acids is 2. The van der Waals surface area contributed by atoms with Crippen LogP contribution in [0.4, 0.5) is 4.79 Å². The number of hydrogen-bond acceptors (Lipinski definition) is 3. The van der Waals surface area contributed by atoms with Gasteiger partial charge in [-0.15, -0.1) is 0 Å². The SMILES string of the molecule is C[C@H](CCc1ccco1)NC(=O)NCC(=O)NC(C)(C)C. The molecule has 6 nitrogen and oxygen atoms in total. The van der Waals surface area contributed by atoms with Gasteiger partial charge in [-0.2, -0.15) is 0 Å². The van der Waals surface area contributed by atoms with Crippen LogP contribution in [0.25, 0.3) is 0 Å². The maximum Gasteiger partial charge on any atom is 0.315 e. The molecule has 3 amide bonds. The molecule has 0 fully saturated rings. The number of aryl methyl sites for hydroxylation is 1. The number of hydrogen-bond donors (Lipinski definition) is 3. The molecule has 0 spiro atoms. The molecule has 0 aliphatic carbocycles. The molecule has 0 aliphatic rings. The van der Waals surface area contributed by atoms with Crippen LogP contribution in [-0.2, 0) is 11.2 Å². The fourth-order valence-electron chi connectivity index (χ4n) is 1.78. The van der Waals surface area contributed by atoms with Crippen LogP contribution in [0.15, 0.2) is 22.8 Å². The molecule has 1 heterocycles. The number of furan rings is 1. The minimum atomic E-state index is -0.342. The summed E-state index contributed by atoms with van der Waals surface area (Å²) in [7, 11) is 0. The molecule has 1 atom stereocenters. The summed E-state index contributed by atoms with van der Waals surface area (Å²) in [6, 6.07) is 3.41. The Bertz CT molecular complexity index is 449. The summed E-state index contributed by atoms with van der Waals surface area (Å²) in [6.07, 6.45) is 3.17. The second kappa shape index (κ2) is 7.71. The minimum Gasteiger partial charge on any atom is -0.469 e. The lowest BCUT2D eigenvalue weighted by Gasteiger charge is -2.21. The van der Waals surface area contributed by atoms with E-state index in [4.69, 9.17) is 4.42 Å². The molecule has 1 aromatic rings. The largest absolute Gasteiger partial charge is 0.469 e. The summed E-state index contributed by atoms with van der Waals surface area (Å²) < 4.78 is 5.23. The average Bonchev–Trinajstić information content (AvgIpc) is 2.85. The van der Waals surface area contributed by atoms with Crippen LogP contribution in [0, 0.1) is 0 Å². The highest BCUT2D eigenvalue weighted by molar-refractivity contribution is 5.84. The van der Waals surface area contributed by atoms with Crippen molar-refractivity contribution >= 4 is 11.9 Å². The monoisotopic (exact) mass is 295 g/mol. The first-order chi connectivity index (χ1) is 9.76. The van der Waals surface area contributed by atoms with Crippen molar-refractivity contribution in [3.05, 3.63) is 24.2 Å². The van der Waals surface area contributed by atoms with E-state index in [1.807, 2.05) is 39.8 Å². The lowest BCUT2D eigenvalue weighted by Crippen LogP contribution is -2.48. The molecule has 0 unspecified atom stereocenters. The van der Waals surface area contributed by atoms with E-state index in [9.17, 15) is 9.59 Å². The maximum atomic E-state index is 11.7. The van der Waals surface area contributed by atoms with Gasteiger partial charge in [0.1, 0.15) is 5.76 Å². The number of nitrogens with one attached hydrogen (secondary N) is 3. The smallest absolute Gasteiger partial charge is 0.315 e. The van der Waals surface area contributed by atoms with Crippen LogP contribution in [-0.4, -0.2) is 30.1 Å². The molecule has 118 valence electrons. The van der Waals surface area contributed by atoms with Gasteiger partial charge in [-0.1, -0.05) is 0 Å². The fraction of sp³-hybridized carbons (Fsp3) is 0.600. The van der Waals surface area contributed by atoms with E-state index in [-0.39, 0.29) is 30.1 Å². The lowest BCUT2D eigenvalue weighted by molar-refractivity contribution is -0.121. The Morgan fingerprint density at radius 1 is 1.33 bits per heavy atom. The molecule has 0 radical (unpaired) electrons. The molecule has 6 heteroatoms. The Morgan fingerprint density at radius 2 is 2.05 bits per heavy atom. The lowest BCUT2D eigenvalue weighted by atomic mass is 10.1. The van der Waals surface area contributed by atoms with Crippen LogP contribution in [0.1, 0.15) is 39.9 Å². The van der Waals surface area contributed by atoms with E-state index in [1.54, 1.807) is 6.26 Å². The zero-order valence-electron chi connectivity index (χ0n) is 13.2. The van der Waals surface area contributed by atoms with Crippen LogP contribution >= 0.6 is 0 Å². The predicted octanol–water partition coefficient (Wildman–Crippen LogP) is 1.81. The Labute approximate surface area is 125 Å². The summed E-state index contributed by atoms with van der Waals surface area (Å²) in [4.78, 5) is 23.2. The van der Waals surface area contributed by atoms with E-state index in [1.165, 1.54) is 0 Å². The number of carbonyl (C=O) groups is 2. The minimum absolute atomic E-state index is 0.000720. The van der Waals surface area contributed by atoms with Crippen LogP contribution in [0.5, 0.6) is 0 Å². The van der Waals surface area contributed by atoms with Crippen molar-refractivity contribution in [1.29, 1.82) is 0 Å². The van der Waals surface area contributed by atoms with Crippen molar-refractivity contribution in [3.8, 4) is 0 Å². The number of amides is 3. The third-order valence-corrected chi connectivity index (χ3v) is 2.71. The molecule has 0 bridgehead atoms. The molecule has 21 heavy (non-hydrogen) atoms. The van der Waals surface area contributed by atoms with Crippen molar-refractivity contribution in [2.45, 2.75) is 52.1 Å². The van der Waals surface area contributed by atoms with Gasteiger partial charge in [-0.3, -0.25) is 4.79 Å². The van der Waals surface area contributed by atoms with Crippen molar-refractivity contribution in [2.24, 2.45) is 0 Å². The quantitative estimate of drug-likeness (QED) is 0.748. The topological polar surface area (TPSA) is 83.4 Å². The summed E-state index contributed by atoms with van der Waals surface area (Å²) in [6.45, 7) is 7.55. The average molecular weight is 295 g/mol. The van der Waals surface area contributed by atoms with Crippen molar-refractivity contribution in [3.63, 3.8) is 0 Å². The maximum absolute atomic E-state index is 11.7. The van der Waals surface area contributed by atoms with Gasteiger partial charge in [0.05, 0.1) is 12.8 Å². The summed E-state index contributed by atoms with van der Waals surface area (Å²) in [5.41, 5.74) is -0.300. The summed E-state index contributed by atoms with van der Waals surface area (Å²) in [5, 5.41) is 8.11. The van der Waals surface area contributed by atoms with Gasteiger partial charge < -0.3 is 20.4 Å². The summed E-state index contributed by atoms with van der Waals surface area (Å²) in [5.74, 6) is 0.689. The van der Waals surface area contributed by atoms with Gasteiger partial charge in [0.2, 0.25) is 5.91 Å². The normalized spacial score (nSPS) is 12.6. The Morgan fingerprint density at radius 3 is 2.62 bits per heavy atom. The zero-order chi connectivity index (χ0) is 15.9. The molecule has 0 aliphatic heterocycles. The molecule has 0 saturated carbocycles. The van der Waals surface area contributed by atoms with E-state index in [0.29, 0.717) is 0 Å². The first-order valence-electron chi connectivity index (χ1n) is 7.14. The molecule has 1 rings (SSSR count). The highest BCUT2D eigenvalue weighted by atomic mass is 16.3. The van der Waals surface area contributed by atoms with Crippen molar-refractivity contribution < 1.29 is 14.0 Å². The number of urea groups is 1. The van der Waals surface area contributed by atoms with Gasteiger partial charge in [0.15, 0.2) is 0 Å². The van der Waals surface area contributed by atoms with Crippen LogP contribution in [0.2, 0.25) is 0 Å². The molecular weight excluding hydrogens is 270 g/mol. The van der Waals surface area contributed by atoms with E-state index >= 15 is 0 Å². The Balaban J connectivity index is 2.19. The fourth-order valence-corrected chi connectivity index (χ4v) is 1.78. The predicted molar refractivity (Wildman–Crippen MR) is 80.9 cm³/mol. The van der Waals surface area contributed by atoms with E-state index < -0.39 is 0 Å². The standard InChI is InChI=1S/C15H25N3O3/c1-11(7-8-12-6-5-9-21-12)17-14(20)16-10-13(19)18-15(2,3)4/h5-6,9,11H,7-8,10H2,1-4H3,(H,18,19)(H2,16,17,20)/t11-/m1/s1. The van der Waals surface area contributed by atoms with Gasteiger partial charge in [-0.25, -0.2) is 4.79 Å². The Kier molecular flexibility index (Phi) is 6.27. The second-order valence-electron chi connectivity index (χ2n) is 6.14. The highest BCUT2D eigenvalue weighted by Crippen LogP contribution is 2.05. The van der Waals surface area contributed by atoms with Gasteiger partial charge in [0, 0.05) is 18.0 Å². The third kappa shape index (κ3) is 8.02. The first-order valence-corrected chi connectivity index (χ1v) is 7.14. The Hall–Kier alpha value is -1.98. The van der Waals surface area contributed by atoms with Gasteiger partial charge in [-0.05, 0) is 46.2 Å². The molecule has 3 N–H and O–H groups in total. The number of rotatable bonds is 6. The molecule has 0 saturated heterocycles. The third-order valence-electron chi connectivity index (χ3n) is 2.71. The van der Waals surface area contributed by atoms with Gasteiger partial charge >= 0.3 is 6.03 Å². The first kappa shape index (κ1) is 17.1. The van der Waals surface area contributed by atoms with Crippen LogP contribution in [0.3, 0.4) is 0 Å². The van der Waals surface area contributed by atoms with Crippen LogP contribution < -0.4 is 16.0 Å². The van der Waals surface area contributed by atoms with E-state index in [2.05, 4.69) is 16.0 Å². The van der Waals surface area contributed by atoms with Crippen molar-refractivity contribution in [2.75, 3.05) is 6.54 Å². The second-order valence-corrected chi connectivity index (χ2v) is 6.14. The molecular formula is C15H25N3O3. The summed E-state index contributed by atoms with van der Waals surface area (Å²) >= 11 is 0. The van der Waals surface area contributed by atoms with E-state index in [0.717, 1.165) is 18.6 Å². The van der Waals surface area contributed by atoms with Gasteiger partial charge in [0.25, 0.3) is 0 Å². The zero-order valence-corrected chi connectivity index (χ0v) is 13.2.